The van der Waals surface area contributed by atoms with Gasteiger partial charge in [0.1, 0.15) is 5.82 Å². The van der Waals surface area contributed by atoms with Crippen LogP contribution >= 0.6 is 0 Å². The van der Waals surface area contributed by atoms with Gasteiger partial charge in [0.25, 0.3) is 11.5 Å². The number of amides is 1. The molecule has 7 nitrogen and oxygen atoms in total. The first kappa shape index (κ1) is 16.2. The summed E-state index contributed by atoms with van der Waals surface area (Å²) in [5, 5.41) is 2.87. The molecule has 1 aromatic heterocycles. The number of ether oxygens (including phenoxy) is 1. The summed E-state index contributed by atoms with van der Waals surface area (Å²) >= 11 is 0. The summed E-state index contributed by atoms with van der Waals surface area (Å²) in [6.45, 7) is 0.348. The van der Waals surface area contributed by atoms with Gasteiger partial charge in [0.15, 0.2) is 6.61 Å². The third-order valence-corrected chi connectivity index (χ3v) is 4.17. The summed E-state index contributed by atoms with van der Waals surface area (Å²) in [7, 11) is 1.47. The van der Waals surface area contributed by atoms with Crippen molar-refractivity contribution in [1.82, 2.24) is 14.9 Å². The zero-order chi connectivity index (χ0) is 17.1. The van der Waals surface area contributed by atoms with Crippen molar-refractivity contribution in [2.75, 3.05) is 13.7 Å². The molecule has 2 heterocycles. The van der Waals surface area contributed by atoms with E-state index in [1.165, 1.54) is 13.1 Å². The fourth-order valence-electron chi connectivity index (χ4n) is 2.83. The molecule has 0 saturated carbocycles. The van der Waals surface area contributed by atoms with Gasteiger partial charge in [-0.05, 0) is 31.0 Å². The first-order chi connectivity index (χ1) is 11.6. The zero-order valence-electron chi connectivity index (χ0n) is 13.5. The monoisotopic (exact) mass is 329 g/mol. The third-order valence-electron chi connectivity index (χ3n) is 4.17. The number of esters is 1. The van der Waals surface area contributed by atoms with Crippen LogP contribution in [0.2, 0.25) is 0 Å². The summed E-state index contributed by atoms with van der Waals surface area (Å²) < 4.78 is 6.67. The lowest BCUT2D eigenvalue weighted by molar-refractivity contribution is -0.123. The van der Waals surface area contributed by atoms with E-state index in [1.54, 1.807) is 16.7 Å². The molecule has 0 unspecified atom stereocenters. The molecule has 0 atom stereocenters. The Hall–Kier alpha value is -2.70. The highest BCUT2D eigenvalue weighted by molar-refractivity contribution is 5.95. The molecule has 1 aliphatic rings. The van der Waals surface area contributed by atoms with Gasteiger partial charge in [-0.25, -0.2) is 9.78 Å². The van der Waals surface area contributed by atoms with Gasteiger partial charge in [0.05, 0.1) is 16.5 Å². The highest BCUT2D eigenvalue weighted by Crippen LogP contribution is 2.16. The minimum absolute atomic E-state index is 0.0674. The number of aryl methyl sites for hydroxylation is 1. The second-order valence-corrected chi connectivity index (χ2v) is 5.78. The summed E-state index contributed by atoms with van der Waals surface area (Å²) in [4.78, 5) is 40.4. The molecular weight excluding hydrogens is 310 g/mol. The molecule has 0 fully saturated rings. The number of benzene rings is 1. The maximum atomic E-state index is 12.6. The number of hydrogen-bond donors (Lipinski definition) is 1. The maximum absolute atomic E-state index is 12.6. The van der Waals surface area contributed by atoms with Crippen molar-refractivity contribution in [1.29, 1.82) is 0 Å². The summed E-state index contributed by atoms with van der Waals surface area (Å²) in [5.74, 6) is -0.232. The van der Waals surface area contributed by atoms with Gasteiger partial charge < -0.3 is 10.1 Å². The number of carbonyl (C=O) groups is 2. The summed E-state index contributed by atoms with van der Waals surface area (Å²) in [6.07, 6.45) is 3.82. The van der Waals surface area contributed by atoms with Gasteiger partial charge in [-0.3, -0.25) is 14.2 Å². The molecule has 126 valence electrons. The molecule has 0 radical (unpaired) electrons. The molecule has 1 N–H and O–H groups in total. The van der Waals surface area contributed by atoms with Crippen molar-refractivity contribution in [2.24, 2.45) is 0 Å². The number of fused-ring (bicyclic) bond motifs is 2. The van der Waals surface area contributed by atoms with Crippen LogP contribution in [0.4, 0.5) is 0 Å². The topological polar surface area (TPSA) is 90.3 Å². The maximum Gasteiger partial charge on any atom is 0.338 e. The fourth-order valence-corrected chi connectivity index (χ4v) is 2.83. The van der Waals surface area contributed by atoms with Gasteiger partial charge in [0, 0.05) is 20.0 Å². The van der Waals surface area contributed by atoms with E-state index >= 15 is 0 Å². The van der Waals surface area contributed by atoms with Crippen molar-refractivity contribution in [3.8, 4) is 0 Å². The van der Waals surface area contributed by atoms with E-state index < -0.39 is 5.97 Å². The van der Waals surface area contributed by atoms with E-state index in [0.29, 0.717) is 17.4 Å². The Balaban J connectivity index is 1.95. The Kier molecular flexibility index (Phi) is 4.59. The number of hydrogen-bond acceptors (Lipinski definition) is 5. The van der Waals surface area contributed by atoms with Gasteiger partial charge in [-0.1, -0.05) is 6.42 Å². The molecule has 1 amide bonds. The average Bonchev–Trinajstić information content (AvgIpc) is 2.84. The SMILES string of the molecule is CNC(=O)COC(=O)c1ccc2c(=O)n3c(nc2c1)CCCCC3. The van der Waals surface area contributed by atoms with Crippen LogP contribution in [-0.4, -0.2) is 35.1 Å². The molecule has 3 rings (SSSR count). The molecule has 0 spiro atoms. The lowest BCUT2D eigenvalue weighted by atomic mass is 10.1. The average molecular weight is 329 g/mol. The lowest BCUT2D eigenvalue weighted by Crippen LogP contribution is -2.25. The van der Waals surface area contributed by atoms with Gasteiger partial charge in [-0.15, -0.1) is 0 Å². The van der Waals surface area contributed by atoms with Crippen LogP contribution in [0, 0.1) is 0 Å². The predicted octanol–water partition coefficient (Wildman–Crippen LogP) is 1.03. The van der Waals surface area contributed by atoms with Crippen LogP contribution in [0.15, 0.2) is 23.0 Å². The van der Waals surface area contributed by atoms with Crippen molar-refractivity contribution in [2.45, 2.75) is 32.2 Å². The van der Waals surface area contributed by atoms with Gasteiger partial charge in [0.2, 0.25) is 0 Å². The molecule has 1 aliphatic heterocycles. The van der Waals surface area contributed by atoms with Crippen molar-refractivity contribution in [3.05, 3.63) is 39.9 Å². The summed E-state index contributed by atoms with van der Waals surface area (Å²) in [5.41, 5.74) is 0.696. The van der Waals surface area contributed by atoms with Crippen LogP contribution in [0.25, 0.3) is 10.9 Å². The Bertz CT molecular complexity index is 857. The number of likely N-dealkylation sites (N-methyl/N-ethyl adjacent to an activating group) is 1. The summed E-state index contributed by atoms with van der Waals surface area (Å²) in [6, 6.07) is 4.68. The highest BCUT2D eigenvalue weighted by Gasteiger charge is 2.16. The van der Waals surface area contributed by atoms with Crippen LogP contribution in [0.3, 0.4) is 0 Å². The van der Waals surface area contributed by atoms with Crippen molar-refractivity contribution in [3.63, 3.8) is 0 Å². The lowest BCUT2D eigenvalue weighted by Gasteiger charge is -2.10. The van der Waals surface area contributed by atoms with E-state index in [-0.39, 0.29) is 23.6 Å². The molecule has 2 aromatic rings. The molecule has 0 aliphatic carbocycles. The standard InChI is InChI=1S/C17H19N3O4/c1-18-15(21)10-24-17(23)11-6-7-12-13(9-11)19-14-5-3-2-4-8-20(14)16(12)22/h6-7,9H,2-5,8,10H2,1H3,(H,18,21). The van der Waals surface area contributed by atoms with Crippen molar-refractivity contribution >= 4 is 22.8 Å². The number of nitrogens with one attached hydrogen (secondary N) is 1. The first-order valence-electron chi connectivity index (χ1n) is 8.01. The highest BCUT2D eigenvalue weighted by atomic mass is 16.5. The molecule has 0 saturated heterocycles. The fraction of sp³-hybridized carbons (Fsp3) is 0.412. The third kappa shape index (κ3) is 3.15. The number of nitrogens with zero attached hydrogens (tertiary/aromatic N) is 2. The van der Waals surface area contributed by atoms with Crippen molar-refractivity contribution < 1.29 is 14.3 Å². The van der Waals surface area contributed by atoms with Crippen LogP contribution < -0.4 is 10.9 Å². The van der Waals surface area contributed by atoms with E-state index in [0.717, 1.165) is 31.5 Å². The molecular formula is C17H19N3O4. The number of aromatic nitrogens is 2. The number of rotatable bonds is 3. The van der Waals surface area contributed by atoms with Gasteiger partial charge >= 0.3 is 5.97 Å². The Morgan fingerprint density at radius 1 is 1.29 bits per heavy atom. The Morgan fingerprint density at radius 2 is 2.12 bits per heavy atom. The van der Waals surface area contributed by atoms with E-state index in [2.05, 4.69) is 10.3 Å². The molecule has 1 aromatic carbocycles. The molecule has 7 heteroatoms. The molecule has 24 heavy (non-hydrogen) atoms. The number of carbonyl (C=O) groups excluding carboxylic acids is 2. The zero-order valence-corrected chi connectivity index (χ0v) is 13.5. The smallest absolute Gasteiger partial charge is 0.338 e. The predicted molar refractivity (Wildman–Crippen MR) is 87.9 cm³/mol. The van der Waals surface area contributed by atoms with Crippen LogP contribution in [0.1, 0.15) is 35.4 Å². The largest absolute Gasteiger partial charge is 0.452 e. The van der Waals surface area contributed by atoms with Crippen LogP contribution in [-0.2, 0) is 22.5 Å². The second kappa shape index (κ2) is 6.82. The molecule has 0 bridgehead atoms. The van der Waals surface area contributed by atoms with E-state index in [4.69, 9.17) is 4.74 Å². The van der Waals surface area contributed by atoms with E-state index in [1.807, 2.05) is 0 Å². The Morgan fingerprint density at radius 3 is 2.92 bits per heavy atom. The van der Waals surface area contributed by atoms with Crippen LogP contribution in [0.5, 0.6) is 0 Å². The first-order valence-corrected chi connectivity index (χ1v) is 8.01. The quantitative estimate of drug-likeness (QED) is 0.849. The van der Waals surface area contributed by atoms with Gasteiger partial charge in [-0.2, -0.15) is 0 Å². The minimum atomic E-state index is -0.614. The minimum Gasteiger partial charge on any atom is -0.452 e. The van der Waals surface area contributed by atoms with E-state index in [9.17, 15) is 14.4 Å². The Labute approximate surface area is 138 Å². The normalized spacial score (nSPS) is 13.9. The second-order valence-electron chi connectivity index (χ2n) is 5.78.